The van der Waals surface area contributed by atoms with Crippen molar-refractivity contribution in [2.75, 3.05) is 6.54 Å². The minimum Gasteiger partial charge on any atom is -0.367 e. The van der Waals surface area contributed by atoms with Gasteiger partial charge in [0.1, 0.15) is 0 Å². The number of benzene rings is 2. The maximum absolute atomic E-state index is 12.9. The molecule has 0 bridgehead atoms. The summed E-state index contributed by atoms with van der Waals surface area (Å²) in [6.07, 6.45) is 8.00. The van der Waals surface area contributed by atoms with Gasteiger partial charge in [-0.2, -0.15) is 13.2 Å². The van der Waals surface area contributed by atoms with Crippen molar-refractivity contribution in [3.63, 3.8) is 0 Å². The minimum absolute atomic E-state index is 0.132. The second kappa shape index (κ2) is 17.0. The van der Waals surface area contributed by atoms with E-state index in [2.05, 4.69) is 12.2 Å². The number of hydrogen-bond donors (Lipinski definition) is 1. The molecule has 0 saturated carbocycles. The van der Waals surface area contributed by atoms with Crippen molar-refractivity contribution < 1.29 is 27.6 Å². The minimum atomic E-state index is -4.42. The number of hydrogen-bond acceptors (Lipinski definition) is 4. The number of unbranched alkanes of at least 4 members (excludes halogenated alkanes) is 9. The van der Waals surface area contributed by atoms with E-state index in [9.17, 15) is 22.8 Å². The first kappa shape index (κ1) is 32.3. The summed E-state index contributed by atoms with van der Waals surface area (Å²) in [7, 11) is 0. The van der Waals surface area contributed by atoms with E-state index in [4.69, 9.17) is 4.84 Å². The molecule has 0 aromatic heterocycles. The Morgan fingerprint density at radius 3 is 1.90 bits per heavy atom. The summed E-state index contributed by atoms with van der Waals surface area (Å²) in [4.78, 5) is 29.6. The van der Waals surface area contributed by atoms with Gasteiger partial charge in [-0.15, -0.1) is 5.06 Å². The third kappa shape index (κ3) is 12.2. The van der Waals surface area contributed by atoms with Crippen molar-refractivity contribution in [1.29, 1.82) is 0 Å². The number of hydroxylamine groups is 2. The van der Waals surface area contributed by atoms with Gasteiger partial charge in [-0.1, -0.05) is 89.0 Å². The Balaban J connectivity index is 1.81. The molecule has 1 amide bonds. The number of nitrogens with zero attached hydrogens (tertiary/aromatic N) is 1. The van der Waals surface area contributed by atoms with Gasteiger partial charge in [-0.25, -0.2) is 0 Å². The summed E-state index contributed by atoms with van der Waals surface area (Å²) in [6, 6.07) is 11.3. The van der Waals surface area contributed by atoms with E-state index in [-0.39, 0.29) is 12.5 Å². The van der Waals surface area contributed by atoms with Crippen LogP contribution < -0.4 is 5.32 Å². The van der Waals surface area contributed by atoms with Crippen LogP contribution >= 0.6 is 0 Å². The molecule has 8 heteroatoms. The molecule has 1 N–H and O–H groups in total. The number of carbonyl (C=O) groups is 2. The molecule has 2 aromatic carbocycles. The Labute approximate surface area is 231 Å². The SMILES string of the molecule is CCCCCCCCCCCCNC(=O)c1ccc(CN(OC(C)=O)C(C)c2ccc(C(F)(F)F)cc2)cc1. The molecular formula is C31H43F3N2O3. The summed E-state index contributed by atoms with van der Waals surface area (Å²) in [6.45, 7) is 6.10. The Morgan fingerprint density at radius 2 is 1.38 bits per heavy atom. The second-order valence-corrected chi connectivity index (χ2v) is 10.1. The number of rotatable bonds is 17. The Bertz CT molecular complexity index is 992. The highest BCUT2D eigenvalue weighted by atomic mass is 19.4. The molecule has 1 unspecified atom stereocenters. The summed E-state index contributed by atoms with van der Waals surface area (Å²) < 4.78 is 38.7. The molecule has 0 aliphatic rings. The third-order valence-corrected chi connectivity index (χ3v) is 6.77. The summed E-state index contributed by atoms with van der Waals surface area (Å²) in [5, 5.41) is 4.39. The maximum Gasteiger partial charge on any atom is 0.416 e. The zero-order valence-electron chi connectivity index (χ0n) is 23.5. The van der Waals surface area contributed by atoms with Gasteiger partial charge in [0.25, 0.3) is 5.91 Å². The van der Waals surface area contributed by atoms with Crippen LogP contribution in [-0.4, -0.2) is 23.5 Å². The fourth-order valence-corrected chi connectivity index (χ4v) is 4.39. The van der Waals surface area contributed by atoms with Crippen LogP contribution in [0.1, 0.15) is 118 Å². The fraction of sp³-hybridized carbons (Fsp3) is 0.548. The van der Waals surface area contributed by atoms with Crippen LogP contribution in [0.5, 0.6) is 0 Å². The molecule has 2 aromatic rings. The van der Waals surface area contributed by atoms with Gasteiger partial charge in [0.2, 0.25) is 0 Å². The molecular weight excluding hydrogens is 505 g/mol. The monoisotopic (exact) mass is 548 g/mol. The van der Waals surface area contributed by atoms with E-state index in [1.165, 1.54) is 75.5 Å². The highest BCUT2D eigenvalue weighted by Gasteiger charge is 2.30. The normalized spacial score (nSPS) is 12.4. The average molecular weight is 549 g/mol. The first-order valence-electron chi connectivity index (χ1n) is 14.1. The van der Waals surface area contributed by atoms with Gasteiger partial charge in [-0.05, 0) is 48.7 Å². The molecule has 2 rings (SSSR count). The van der Waals surface area contributed by atoms with Crippen LogP contribution in [0.4, 0.5) is 13.2 Å². The smallest absolute Gasteiger partial charge is 0.367 e. The van der Waals surface area contributed by atoms with Crippen LogP contribution in [0.15, 0.2) is 48.5 Å². The van der Waals surface area contributed by atoms with Crippen LogP contribution in [0.3, 0.4) is 0 Å². The van der Waals surface area contributed by atoms with Crippen molar-refractivity contribution in [2.45, 2.75) is 104 Å². The van der Waals surface area contributed by atoms with Gasteiger partial charge in [0.05, 0.1) is 18.2 Å². The van der Waals surface area contributed by atoms with Crippen LogP contribution in [0.25, 0.3) is 0 Å². The molecule has 0 aliphatic heterocycles. The van der Waals surface area contributed by atoms with E-state index < -0.39 is 23.8 Å². The van der Waals surface area contributed by atoms with Gasteiger partial charge >= 0.3 is 12.1 Å². The predicted molar refractivity (Wildman–Crippen MR) is 148 cm³/mol. The Kier molecular flexibility index (Phi) is 14.1. The van der Waals surface area contributed by atoms with Crippen molar-refractivity contribution in [1.82, 2.24) is 10.4 Å². The van der Waals surface area contributed by atoms with Gasteiger partial charge in [0.15, 0.2) is 0 Å². The fourth-order valence-electron chi connectivity index (χ4n) is 4.39. The largest absolute Gasteiger partial charge is 0.416 e. The zero-order chi connectivity index (χ0) is 28.7. The van der Waals surface area contributed by atoms with Crippen molar-refractivity contribution in [3.05, 3.63) is 70.8 Å². The molecule has 0 heterocycles. The van der Waals surface area contributed by atoms with E-state index in [1.54, 1.807) is 31.2 Å². The molecule has 5 nitrogen and oxygen atoms in total. The highest BCUT2D eigenvalue weighted by molar-refractivity contribution is 5.94. The van der Waals surface area contributed by atoms with Gasteiger partial charge in [-0.3, -0.25) is 9.59 Å². The molecule has 0 radical (unpaired) electrons. The number of carbonyl (C=O) groups excluding carboxylic acids is 2. The molecule has 0 spiro atoms. The second-order valence-electron chi connectivity index (χ2n) is 10.1. The van der Waals surface area contributed by atoms with Gasteiger partial charge < -0.3 is 10.2 Å². The lowest BCUT2D eigenvalue weighted by Crippen LogP contribution is -2.29. The number of nitrogens with one attached hydrogen (secondary N) is 1. The Hall–Kier alpha value is -2.87. The third-order valence-electron chi connectivity index (χ3n) is 6.77. The zero-order valence-corrected chi connectivity index (χ0v) is 23.5. The van der Waals surface area contributed by atoms with Crippen molar-refractivity contribution in [3.8, 4) is 0 Å². The lowest BCUT2D eigenvalue weighted by Gasteiger charge is -2.27. The lowest BCUT2D eigenvalue weighted by atomic mass is 10.0. The predicted octanol–water partition coefficient (Wildman–Crippen LogP) is 8.40. The first-order chi connectivity index (χ1) is 18.6. The molecule has 39 heavy (non-hydrogen) atoms. The van der Waals surface area contributed by atoms with Crippen molar-refractivity contribution >= 4 is 11.9 Å². The highest BCUT2D eigenvalue weighted by Crippen LogP contribution is 2.31. The van der Waals surface area contributed by atoms with E-state index >= 15 is 0 Å². The summed E-state index contributed by atoms with van der Waals surface area (Å²) in [5.74, 6) is -0.663. The van der Waals surface area contributed by atoms with E-state index in [0.29, 0.717) is 17.7 Å². The topological polar surface area (TPSA) is 58.6 Å². The van der Waals surface area contributed by atoms with E-state index in [1.807, 2.05) is 0 Å². The Morgan fingerprint density at radius 1 is 0.846 bits per heavy atom. The van der Waals surface area contributed by atoms with Crippen LogP contribution in [0, 0.1) is 0 Å². The number of amides is 1. The van der Waals surface area contributed by atoms with E-state index in [0.717, 1.165) is 30.5 Å². The van der Waals surface area contributed by atoms with Crippen LogP contribution in [-0.2, 0) is 22.4 Å². The van der Waals surface area contributed by atoms with Gasteiger partial charge in [0, 0.05) is 19.0 Å². The van der Waals surface area contributed by atoms with Crippen LogP contribution in [0.2, 0.25) is 0 Å². The summed E-state index contributed by atoms with van der Waals surface area (Å²) in [5.41, 5.74) is 1.17. The standard InChI is InChI=1S/C31H43F3N2O3/c1-4-5-6-7-8-9-10-11-12-13-22-35-30(38)28-16-14-26(15-17-28)23-36(39-25(3)37)24(2)27-18-20-29(21-19-27)31(32,33)34/h14-21,24H,4-13,22-23H2,1-3H3,(H,35,38). The maximum atomic E-state index is 12.9. The quantitative estimate of drug-likeness (QED) is 0.159. The molecule has 0 saturated heterocycles. The molecule has 0 fully saturated rings. The summed E-state index contributed by atoms with van der Waals surface area (Å²) >= 11 is 0. The molecule has 1 atom stereocenters. The first-order valence-corrected chi connectivity index (χ1v) is 14.1. The number of halogens is 3. The average Bonchev–Trinajstić information content (AvgIpc) is 2.90. The lowest BCUT2D eigenvalue weighted by molar-refractivity contribution is -0.202. The molecule has 216 valence electrons. The van der Waals surface area contributed by atoms with Crippen molar-refractivity contribution in [2.24, 2.45) is 0 Å². The molecule has 0 aliphatic carbocycles. The number of alkyl halides is 3.